The Hall–Kier alpha value is -2.08. The van der Waals surface area contributed by atoms with Crippen molar-refractivity contribution in [1.82, 2.24) is 9.21 Å². The van der Waals surface area contributed by atoms with Gasteiger partial charge in [0.05, 0.1) is 13.2 Å². The summed E-state index contributed by atoms with van der Waals surface area (Å²) in [5.74, 6) is 6.94. The van der Waals surface area contributed by atoms with Crippen molar-refractivity contribution in [3.8, 4) is 17.6 Å². The van der Waals surface area contributed by atoms with Crippen LogP contribution in [0.2, 0.25) is 0 Å². The number of carbonyl (C=O) groups excluding carboxylic acids is 1. The molecule has 33 heavy (non-hydrogen) atoms. The zero-order valence-electron chi connectivity index (χ0n) is 20.1. The highest BCUT2D eigenvalue weighted by atomic mass is 32.2. The monoisotopic (exact) mass is 476 g/mol. The number of fused-ring (bicyclic) bond motifs is 1. The highest BCUT2D eigenvalue weighted by molar-refractivity contribution is 7.89. The van der Waals surface area contributed by atoms with Gasteiger partial charge in [0.25, 0.3) is 0 Å². The summed E-state index contributed by atoms with van der Waals surface area (Å²) >= 11 is 0. The van der Waals surface area contributed by atoms with Gasteiger partial charge in [-0.05, 0) is 38.0 Å². The summed E-state index contributed by atoms with van der Waals surface area (Å²) in [4.78, 5) is 13.9. The first kappa shape index (κ1) is 25.5. The fourth-order valence-corrected chi connectivity index (χ4v) is 6.24. The number of likely N-dealkylation sites (N-methyl/N-ethyl adjacent to an activating group) is 1. The van der Waals surface area contributed by atoms with Gasteiger partial charge in [-0.2, -0.15) is 4.31 Å². The van der Waals surface area contributed by atoms with Gasteiger partial charge in [0.1, 0.15) is 16.7 Å². The number of hydrogen-bond donors (Lipinski definition) is 1. The molecule has 1 N–H and O–H groups in total. The summed E-state index contributed by atoms with van der Waals surface area (Å²) in [6, 6.07) is 4.38. The molecule has 0 radical (unpaired) electrons. The van der Waals surface area contributed by atoms with Gasteiger partial charge < -0.3 is 14.7 Å². The SMILES string of the molecule is CCC(=O)N(C)C[C@@H]1Oc2cc(C#CC3CCCC3)ccc2S(=O)(=O)N([C@@H](C)CO)C[C@H]1C. The number of benzene rings is 1. The first-order valence-electron chi connectivity index (χ1n) is 11.9. The molecule has 3 rings (SSSR count). The molecule has 182 valence electrons. The maximum absolute atomic E-state index is 13.5. The summed E-state index contributed by atoms with van der Waals surface area (Å²) in [6.07, 6.45) is 4.59. The quantitative estimate of drug-likeness (QED) is 0.661. The average molecular weight is 477 g/mol. The summed E-state index contributed by atoms with van der Waals surface area (Å²) in [7, 11) is -2.16. The molecular formula is C25H36N2O5S. The molecule has 8 heteroatoms. The van der Waals surface area contributed by atoms with Gasteiger partial charge in [-0.1, -0.05) is 38.5 Å². The maximum atomic E-state index is 13.5. The third-order valence-electron chi connectivity index (χ3n) is 6.62. The third-order valence-corrected chi connectivity index (χ3v) is 8.64. The number of hydrogen-bond acceptors (Lipinski definition) is 5. The lowest BCUT2D eigenvalue weighted by Crippen LogP contribution is -2.50. The lowest BCUT2D eigenvalue weighted by Gasteiger charge is -2.37. The van der Waals surface area contributed by atoms with E-state index in [2.05, 4.69) is 11.8 Å². The topological polar surface area (TPSA) is 87.2 Å². The standard InChI is InChI=1S/C25H36N2O5S/c1-5-25(29)26(4)16-23-18(2)15-27(19(3)17-28)33(30,31)24-13-12-21(14-22(24)32-23)11-10-20-8-6-7-9-20/h12-14,18-20,23,28H,5-9,15-17H2,1-4H3/t18-,19+,23+/m1/s1. The fourth-order valence-electron chi connectivity index (χ4n) is 4.42. The minimum Gasteiger partial charge on any atom is -0.487 e. The number of aliphatic hydroxyl groups is 1. The van der Waals surface area contributed by atoms with Crippen molar-refractivity contribution in [2.75, 3.05) is 26.7 Å². The van der Waals surface area contributed by atoms with E-state index in [1.54, 1.807) is 37.1 Å². The Kier molecular flexibility index (Phi) is 8.43. The molecule has 7 nitrogen and oxygen atoms in total. The van der Waals surface area contributed by atoms with Gasteiger partial charge in [-0.15, -0.1) is 0 Å². The number of aliphatic hydroxyl groups excluding tert-OH is 1. The molecule has 1 aliphatic carbocycles. The molecule has 1 aromatic rings. The number of amides is 1. The molecule has 1 amide bonds. The lowest BCUT2D eigenvalue weighted by molar-refractivity contribution is -0.131. The minimum absolute atomic E-state index is 0.00234. The van der Waals surface area contributed by atoms with E-state index in [1.165, 1.54) is 17.1 Å². The van der Waals surface area contributed by atoms with E-state index in [9.17, 15) is 18.3 Å². The summed E-state index contributed by atoms with van der Waals surface area (Å²) in [5, 5.41) is 9.74. The maximum Gasteiger partial charge on any atom is 0.247 e. The summed E-state index contributed by atoms with van der Waals surface area (Å²) in [6.45, 7) is 5.65. The lowest BCUT2D eigenvalue weighted by atomic mass is 10.0. The average Bonchev–Trinajstić information content (AvgIpc) is 3.32. The first-order chi connectivity index (χ1) is 15.7. The number of sulfonamides is 1. The normalized spacial score (nSPS) is 23.9. The van der Waals surface area contributed by atoms with Crippen LogP contribution in [0.5, 0.6) is 5.75 Å². The molecule has 0 unspecified atom stereocenters. The van der Waals surface area contributed by atoms with Gasteiger partial charge in [-0.25, -0.2) is 8.42 Å². The molecule has 0 spiro atoms. The van der Waals surface area contributed by atoms with Crippen molar-refractivity contribution < 1.29 is 23.1 Å². The Labute approximate surface area is 198 Å². The van der Waals surface area contributed by atoms with E-state index in [-0.39, 0.29) is 35.6 Å². The second kappa shape index (κ2) is 10.9. The van der Waals surface area contributed by atoms with Crippen LogP contribution in [-0.4, -0.2) is 67.5 Å². The Morgan fingerprint density at radius 3 is 2.67 bits per heavy atom. The summed E-state index contributed by atoms with van der Waals surface area (Å²) in [5.41, 5.74) is 0.711. The van der Waals surface area contributed by atoms with Crippen LogP contribution in [-0.2, 0) is 14.8 Å². The van der Waals surface area contributed by atoms with Crippen LogP contribution >= 0.6 is 0 Å². The molecule has 1 fully saturated rings. The van der Waals surface area contributed by atoms with Crippen LogP contribution in [0.25, 0.3) is 0 Å². The molecule has 1 aliphatic heterocycles. The van der Waals surface area contributed by atoms with Crippen LogP contribution < -0.4 is 4.74 Å². The number of nitrogens with zero attached hydrogens (tertiary/aromatic N) is 2. The molecule has 0 aromatic heterocycles. The van der Waals surface area contributed by atoms with Crippen molar-refractivity contribution >= 4 is 15.9 Å². The first-order valence-corrected chi connectivity index (χ1v) is 13.3. The smallest absolute Gasteiger partial charge is 0.247 e. The van der Waals surface area contributed by atoms with Crippen molar-refractivity contribution in [3.05, 3.63) is 23.8 Å². The predicted molar refractivity (Wildman–Crippen MR) is 127 cm³/mol. The van der Waals surface area contributed by atoms with Crippen LogP contribution in [0.1, 0.15) is 58.4 Å². The van der Waals surface area contributed by atoms with Crippen molar-refractivity contribution in [1.29, 1.82) is 0 Å². The van der Waals surface area contributed by atoms with E-state index < -0.39 is 22.2 Å². The van der Waals surface area contributed by atoms with Crippen molar-refractivity contribution in [3.63, 3.8) is 0 Å². The molecule has 2 aliphatic rings. The number of ether oxygens (including phenoxy) is 1. The van der Waals surface area contributed by atoms with E-state index in [4.69, 9.17) is 4.74 Å². The second-order valence-electron chi connectivity index (χ2n) is 9.28. The Morgan fingerprint density at radius 2 is 2.03 bits per heavy atom. The van der Waals surface area contributed by atoms with E-state index >= 15 is 0 Å². The molecule has 1 aromatic carbocycles. The number of carbonyl (C=O) groups is 1. The van der Waals surface area contributed by atoms with E-state index in [0.717, 1.165) is 12.8 Å². The van der Waals surface area contributed by atoms with Crippen LogP contribution in [0, 0.1) is 23.7 Å². The van der Waals surface area contributed by atoms with Crippen LogP contribution in [0.15, 0.2) is 23.1 Å². The third kappa shape index (κ3) is 5.89. The van der Waals surface area contributed by atoms with Crippen molar-refractivity contribution in [2.45, 2.75) is 69.9 Å². The highest BCUT2D eigenvalue weighted by Gasteiger charge is 2.38. The summed E-state index contributed by atoms with van der Waals surface area (Å²) < 4.78 is 34.7. The highest BCUT2D eigenvalue weighted by Crippen LogP contribution is 2.34. The molecule has 1 saturated carbocycles. The number of rotatable bonds is 5. The van der Waals surface area contributed by atoms with Crippen LogP contribution in [0.4, 0.5) is 0 Å². The Bertz CT molecular complexity index is 1010. The predicted octanol–water partition coefficient (Wildman–Crippen LogP) is 2.87. The van der Waals surface area contributed by atoms with E-state index in [1.807, 2.05) is 13.8 Å². The molecule has 0 bridgehead atoms. The molecule has 1 heterocycles. The molecule has 0 saturated heterocycles. The van der Waals surface area contributed by atoms with Gasteiger partial charge in [0.15, 0.2) is 0 Å². The largest absolute Gasteiger partial charge is 0.487 e. The van der Waals surface area contributed by atoms with E-state index in [0.29, 0.717) is 24.4 Å². The zero-order chi connectivity index (χ0) is 24.2. The van der Waals surface area contributed by atoms with Gasteiger partial charge in [0.2, 0.25) is 15.9 Å². The molecule has 3 atom stereocenters. The van der Waals surface area contributed by atoms with Gasteiger partial charge >= 0.3 is 0 Å². The Morgan fingerprint density at radius 1 is 1.33 bits per heavy atom. The molecular weight excluding hydrogens is 440 g/mol. The minimum atomic E-state index is -3.89. The fraction of sp³-hybridized carbons (Fsp3) is 0.640. The Balaban J connectivity index is 2.02. The van der Waals surface area contributed by atoms with Gasteiger partial charge in [0, 0.05) is 43.5 Å². The van der Waals surface area contributed by atoms with Gasteiger partial charge in [-0.3, -0.25) is 4.79 Å². The van der Waals surface area contributed by atoms with Crippen molar-refractivity contribution in [2.24, 2.45) is 11.8 Å². The second-order valence-corrected chi connectivity index (χ2v) is 11.1. The zero-order valence-corrected chi connectivity index (χ0v) is 20.9. The van der Waals surface area contributed by atoms with Crippen LogP contribution in [0.3, 0.4) is 0 Å².